The molecule has 2 atom stereocenters. The third-order valence-corrected chi connectivity index (χ3v) is 5.32. The first-order valence-electron chi connectivity index (χ1n) is 8.39. The minimum absolute atomic E-state index is 0.0730. The van der Waals surface area contributed by atoms with Crippen LogP contribution in [0.25, 0.3) is 11.0 Å². The van der Waals surface area contributed by atoms with Crippen molar-refractivity contribution in [1.29, 1.82) is 0 Å². The van der Waals surface area contributed by atoms with Crippen LogP contribution < -0.4 is 4.90 Å². The molecule has 0 aromatic carbocycles. The second kappa shape index (κ2) is 5.83. The molecular formula is C16H23N5O. The summed E-state index contributed by atoms with van der Waals surface area (Å²) in [5.41, 5.74) is 0.824. The van der Waals surface area contributed by atoms with Crippen LogP contribution in [0.5, 0.6) is 0 Å². The van der Waals surface area contributed by atoms with Gasteiger partial charge in [0.15, 0.2) is 5.65 Å². The van der Waals surface area contributed by atoms with E-state index in [-0.39, 0.29) is 6.61 Å². The molecule has 6 nitrogen and oxygen atoms in total. The van der Waals surface area contributed by atoms with Crippen molar-refractivity contribution in [3.05, 3.63) is 12.5 Å². The van der Waals surface area contributed by atoms with Crippen molar-refractivity contribution in [2.75, 3.05) is 24.6 Å². The lowest BCUT2D eigenvalue weighted by atomic mass is 9.75. The lowest BCUT2D eigenvalue weighted by molar-refractivity contribution is 0.202. The third kappa shape index (κ3) is 2.35. The van der Waals surface area contributed by atoms with E-state index in [1.165, 1.54) is 32.1 Å². The van der Waals surface area contributed by atoms with E-state index in [1.54, 1.807) is 11.0 Å². The van der Waals surface area contributed by atoms with Crippen LogP contribution in [0, 0.1) is 11.8 Å². The summed E-state index contributed by atoms with van der Waals surface area (Å²) >= 11 is 0. The molecule has 0 bridgehead atoms. The monoisotopic (exact) mass is 301 g/mol. The topological polar surface area (TPSA) is 67.1 Å². The number of hydrogen-bond acceptors (Lipinski definition) is 5. The molecule has 1 saturated carbocycles. The van der Waals surface area contributed by atoms with Gasteiger partial charge < -0.3 is 10.0 Å². The van der Waals surface area contributed by atoms with Gasteiger partial charge in [0.25, 0.3) is 0 Å². The Morgan fingerprint density at radius 2 is 2.00 bits per heavy atom. The summed E-state index contributed by atoms with van der Waals surface area (Å²) in [6.07, 6.45) is 10.3. The zero-order chi connectivity index (χ0) is 14.9. The van der Waals surface area contributed by atoms with Gasteiger partial charge in [-0.2, -0.15) is 5.10 Å². The third-order valence-electron chi connectivity index (χ3n) is 5.32. The Balaban J connectivity index is 1.63. The molecule has 4 rings (SSSR count). The van der Waals surface area contributed by atoms with Gasteiger partial charge in [-0.1, -0.05) is 19.3 Å². The fourth-order valence-electron chi connectivity index (χ4n) is 4.18. The van der Waals surface area contributed by atoms with Gasteiger partial charge in [0.2, 0.25) is 0 Å². The van der Waals surface area contributed by atoms with Gasteiger partial charge in [-0.3, -0.25) is 0 Å². The number of anilines is 1. The predicted molar refractivity (Wildman–Crippen MR) is 84.7 cm³/mol. The maximum absolute atomic E-state index is 9.13. The van der Waals surface area contributed by atoms with E-state index < -0.39 is 0 Å². The Morgan fingerprint density at radius 3 is 2.86 bits per heavy atom. The van der Waals surface area contributed by atoms with Crippen molar-refractivity contribution in [3.63, 3.8) is 0 Å². The molecule has 1 saturated heterocycles. The second-order valence-corrected chi connectivity index (χ2v) is 6.57. The number of aromatic nitrogens is 4. The van der Waals surface area contributed by atoms with Crippen LogP contribution in [0.4, 0.5) is 5.82 Å². The highest BCUT2D eigenvalue weighted by Crippen LogP contribution is 2.38. The van der Waals surface area contributed by atoms with Gasteiger partial charge in [0.05, 0.1) is 24.7 Å². The molecule has 2 fully saturated rings. The molecule has 2 aliphatic rings. The summed E-state index contributed by atoms with van der Waals surface area (Å²) in [5.74, 6) is 2.75. The Hall–Kier alpha value is -1.69. The van der Waals surface area contributed by atoms with Crippen molar-refractivity contribution in [3.8, 4) is 0 Å². The zero-order valence-electron chi connectivity index (χ0n) is 12.9. The molecule has 6 heteroatoms. The molecule has 1 aliphatic heterocycles. The van der Waals surface area contributed by atoms with E-state index in [2.05, 4.69) is 20.0 Å². The number of fused-ring (bicyclic) bond motifs is 2. The molecule has 0 spiro atoms. The highest BCUT2D eigenvalue weighted by Gasteiger charge is 2.32. The van der Waals surface area contributed by atoms with Crippen molar-refractivity contribution >= 4 is 16.9 Å². The first-order chi connectivity index (χ1) is 10.9. The molecule has 22 heavy (non-hydrogen) atoms. The summed E-state index contributed by atoms with van der Waals surface area (Å²) < 4.78 is 1.76. The largest absolute Gasteiger partial charge is 0.394 e. The zero-order valence-corrected chi connectivity index (χ0v) is 12.9. The van der Waals surface area contributed by atoms with Crippen molar-refractivity contribution in [2.24, 2.45) is 11.8 Å². The normalized spacial score (nSPS) is 25.4. The fourth-order valence-corrected chi connectivity index (χ4v) is 4.18. The number of aliphatic hydroxyl groups excluding tert-OH is 1. The quantitative estimate of drug-likeness (QED) is 0.937. The van der Waals surface area contributed by atoms with Crippen LogP contribution in [0.15, 0.2) is 12.5 Å². The van der Waals surface area contributed by atoms with E-state index in [0.717, 1.165) is 41.8 Å². The first kappa shape index (κ1) is 13.9. The minimum Gasteiger partial charge on any atom is -0.394 e. The van der Waals surface area contributed by atoms with Crippen molar-refractivity contribution in [2.45, 2.75) is 38.6 Å². The van der Waals surface area contributed by atoms with Gasteiger partial charge in [-0.25, -0.2) is 14.6 Å². The summed E-state index contributed by atoms with van der Waals surface area (Å²) in [6.45, 7) is 2.74. The van der Waals surface area contributed by atoms with Crippen molar-refractivity contribution < 1.29 is 5.11 Å². The molecule has 1 aliphatic carbocycles. The SMILES string of the molecule is OCCn1ncc2c(N3CC[C@@H]4CCCC[C@@H]4C3)ncnc21. The summed E-state index contributed by atoms with van der Waals surface area (Å²) in [7, 11) is 0. The molecule has 1 N–H and O–H groups in total. The highest BCUT2D eigenvalue weighted by molar-refractivity contribution is 5.86. The highest BCUT2D eigenvalue weighted by atomic mass is 16.3. The second-order valence-electron chi connectivity index (χ2n) is 6.57. The maximum atomic E-state index is 9.13. The van der Waals surface area contributed by atoms with Gasteiger partial charge in [-0.05, 0) is 24.7 Å². The van der Waals surface area contributed by atoms with Gasteiger partial charge in [0, 0.05) is 13.1 Å². The van der Waals surface area contributed by atoms with E-state index in [4.69, 9.17) is 5.11 Å². The summed E-state index contributed by atoms with van der Waals surface area (Å²) in [5, 5.41) is 14.5. The molecule has 118 valence electrons. The molecule has 0 unspecified atom stereocenters. The number of hydrogen-bond donors (Lipinski definition) is 1. The summed E-state index contributed by atoms with van der Waals surface area (Å²) in [4.78, 5) is 11.3. The Labute approximate surface area is 130 Å². The van der Waals surface area contributed by atoms with Gasteiger partial charge in [0.1, 0.15) is 12.1 Å². The minimum atomic E-state index is 0.0730. The van der Waals surface area contributed by atoms with E-state index in [9.17, 15) is 0 Å². The van der Waals surface area contributed by atoms with Crippen molar-refractivity contribution in [1.82, 2.24) is 19.7 Å². The predicted octanol–water partition coefficient (Wildman–Crippen LogP) is 1.84. The van der Waals surface area contributed by atoms with E-state index in [1.807, 2.05) is 6.20 Å². The van der Waals surface area contributed by atoms with Crippen LogP contribution in [-0.2, 0) is 6.54 Å². The first-order valence-corrected chi connectivity index (χ1v) is 8.39. The van der Waals surface area contributed by atoms with E-state index in [0.29, 0.717) is 6.54 Å². The average Bonchev–Trinajstić information content (AvgIpc) is 2.98. The van der Waals surface area contributed by atoms with Crippen LogP contribution in [0.2, 0.25) is 0 Å². The Bertz CT molecular complexity index is 655. The van der Waals surface area contributed by atoms with Gasteiger partial charge >= 0.3 is 0 Å². The molecule has 3 heterocycles. The maximum Gasteiger partial charge on any atom is 0.163 e. The Kier molecular flexibility index (Phi) is 3.70. The van der Waals surface area contributed by atoms with Crippen LogP contribution >= 0.6 is 0 Å². The lowest BCUT2D eigenvalue weighted by Crippen LogP contribution is -2.42. The average molecular weight is 301 g/mol. The molecule has 2 aromatic heterocycles. The van der Waals surface area contributed by atoms with Gasteiger partial charge in [-0.15, -0.1) is 0 Å². The number of nitrogens with zero attached hydrogens (tertiary/aromatic N) is 5. The van der Waals surface area contributed by atoms with Crippen LogP contribution in [-0.4, -0.2) is 44.6 Å². The fraction of sp³-hybridized carbons (Fsp3) is 0.688. The smallest absolute Gasteiger partial charge is 0.163 e. The summed E-state index contributed by atoms with van der Waals surface area (Å²) in [6, 6.07) is 0. The molecule has 0 amide bonds. The van der Waals surface area contributed by atoms with Crippen LogP contribution in [0.3, 0.4) is 0 Å². The van der Waals surface area contributed by atoms with E-state index >= 15 is 0 Å². The molecule has 0 radical (unpaired) electrons. The lowest BCUT2D eigenvalue weighted by Gasteiger charge is -2.41. The molecular weight excluding hydrogens is 278 g/mol. The molecule has 2 aromatic rings. The Morgan fingerprint density at radius 1 is 1.14 bits per heavy atom. The number of rotatable bonds is 3. The number of piperidine rings is 1. The number of aliphatic hydroxyl groups is 1. The van der Waals surface area contributed by atoms with Crippen LogP contribution in [0.1, 0.15) is 32.1 Å². The standard InChI is InChI=1S/C16H23N5O/c22-8-7-21-16-14(9-19-21)15(17-11-18-16)20-6-5-12-3-1-2-4-13(12)10-20/h9,11-13,22H,1-8,10H2/t12-,13+/m0/s1.